The first-order valence-electron chi connectivity index (χ1n) is 7.59. The van der Waals surface area contributed by atoms with Crippen LogP contribution in [0.2, 0.25) is 0 Å². The molecule has 0 aliphatic heterocycles. The van der Waals surface area contributed by atoms with E-state index in [-0.39, 0.29) is 0 Å². The Labute approximate surface area is 134 Å². The minimum absolute atomic E-state index is 0.633. The van der Waals surface area contributed by atoms with Gasteiger partial charge in [-0.25, -0.2) is 9.67 Å². The van der Waals surface area contributed by atoms with Crippen molar-refractivity contribution >= 4 is 5.65 Å². The molecule has 0 N–H and O–H groups in total. The highest BCUT2D eigenvalue weighted by molar-refractivity contribution is 5.67. The molecule has 0 saturated heterocycles. The highest BCUT2D eigenvalue weighted by Gasteiger charge is 2.15. The van der Waals surface area contributed by atoms with Crippen molar-refractivity contribution in [2.75, 3.05) is 0 Å². The van der Waals surface area contributed by atoms with Crippen molar-refractivity contribution in [3.63, 3.8) is 0 Å². The van der Waals surface area contributed by atoms with Gasteiger partial charge in [-0.1, -0.05) is 41.1 Å². The zero-order valence-electron chi connectivity index (χ0n) is 13.1. The minimum Gasteiger partial charge on any atom is -0.301 e. The number of fused-ring (bicyclic) bond motifs is 1. The molecule has 0 bridgehead atoms. The maximum Gasteiger partial charge on any atom is 0.137 e. The highest BCUT2D eigenvalue weighted by atomic mass is 15.4. The minimum atomic E-state index is 0.633. The summed E-state index contributed by atoms with van der Waals surface area (Å²) in [5, 5.41) is 7.99. The van der Waals surface area contributed by atoms with Gasteiger partial charge in [-0.05, 0) is 25.5 Å². The van der Waals surface area contributed by atoms with E-state index in [2.05, 4.69) is 71.2 Å². The second kappa shape index (κ2) is 5.35. The zero-order valence-corrected chi connectivity index (χ0v) is 13.1. The molecule has 0 aliphatic rings. The van der Waals surface area contributed by atoms with E-state index in [1.807, 2.05) is 10.9 Å². The summed E-state index contributed by atoms with van der Waals surface area (Å²) in [7, 11) is 0. The maximum atomic E-state index is 4.84. The Hall–Kier alpha value is -2.95. The average Bonchev–Trinajstić information content (AvgIpc) is 3.17. The number of aromatic nitrogens is 5. The summed E-state index contributed by atoms with van der Waals surface area (Å²) in [6.45, 7) is 4.81. The Kier molecular flexibility index (Phi) is 3.19. The quantitative estimate of drug-likeness (QED) is 0.583. The van der Waals surface area contributed by atoms with Gasteiger partial charge in [-0.2, -0.15) is 0 Å². The van der Waals surface area contributed by atoms with Gasteiger partial charge in [0, 0.05) is 18.0 Å². The fourth-order valence-corrected chi connectivity index (χ4v) is 2.76. The first-order valence-corrected chi connectivity index (χ1v) is 7.59. The predicted octanol–water partition coefficient (Wildman–Crippen LogP) is 3.26. The van der Waals surface area contributed by atoms with Crippen LogP contribution < -0.4 is 0 Å². The van der Waals surface area contributed by atoms with Crippen LogP contribution in [0.5, 0.6) is 0 Å². The summed E-state index contributed by atoms with van der Waals surface area (Å²) in [5.74, 6) is 0. The molecule has 0 spiro atoms. The Bertz CT molecular complexity index is 949. The van der Waals surface area contributed by atoms with Crippen LogP contribution in [0.15, 0.2) is 55.0 Å². The molecule has 0 amide bonds. The number of benzene rings is 1. The van der Waals surface area contributed by atoms with E-state index in [1.165, 1.54) is 11.1 Å². The molecule has 1 aromatic carbocycles. The van der Waals surface area contributed by atoms with E-state index in [9.17, 15) is 0 Å². The Morgan fingerprint density at radius 2 is 1.74 bits per heavy atom. The van der Waals surface area contributed by atoms with Gasteiger partial charge >= 0.3 is 0 Å². The van der Waals surface area contributed by atoms with Crippen LogP contribution >= 0.6 is 0 Å². The third-order valence-corrected chi connectivity index (χ3v) is 3.97. The van der Waals surface area contributed by atoms with E-state index in [0.717, 1.165) is 22.6 Å². The number of hydrogen-bond donors (Lipinski definition) is 0. The average molecular weight is 303 g/mol. The maximum absolute atomic E-state index is 4.84. The predicted molar refractivity (Wildman–Crippen MR) is 89.2 cm³/mol. The Morgan fingerprint density at radius 1 is 0.957 bits per heavy atom. The van der Waals surface area contributed by atoms with Gasteiger partial charge in [0.15, 0.2) is 0 Å². The van der Waals surface area contributed by atoms with Crippen molar-refractivity contribution in [3.8, 4) is 11.3 Å². The summed E-state index contributed by atoms with van der Waals surface area (Å²) >= 11 is 0. The molecule has 0 unspecified atom stereocenters. The van der Waals surface area contributed by atoms with Gasteiger partial charge < -0.3 is 4.40 Å². The van der Waals surface area contributed by atoms with Gasteiger partial charge in [0.2, 0.25) is 0 Å². The second-order valence-electron chi connectivity index (χ2n) is 5.81. The SMILES string of the molecule is Cc1ccc(-c2nc3ccc(C)cn3c2Cn2ccnn2)cc1. The van der Waals surface area contributed by atoms with Crippen molar-refractivity contribution in [1.82, 2.24) is 24.4 Å². The van der Waals surface area contributed by atoms with E-state index >= 15 is 0 Å². The molecular formula is C18H17N5. The van der Waals surface area contributed by atoms with Gasteiger partial charge in [-0.15, -0.1) is 5.10 Å². The molecule has 0 aliphatic carbocycles. The van der Waals surface area contributed by atoms with Crippen molar-refractivity contribution < 1.29 is 0 Å². The molecule has 0 saturated carbocycles. The molecule has 0 radical (unpaired) electrons. The number of pyridine rings is 1. The molecule has 3 heterocycles. The van der Waals surface area contributed by atoms with Crippen LogP contribution in [0.4, 0.5) is 0 Å². The Morgan fingerprint density at radius 3 is 2.48 bits per heavy atom. The largest absolute Gasteiger partial charge is 0.301 e. The highest BCUT2D eigenvalue weighted by Crippen LogP contribution is 2.26. The third-order valence-electron chi connectivity index (χ3n) is 3.97. The second-order valence-corrected chi connectivity index (χ2v) is 5.81. The van der Waals surface area contributed by atoms with Gasteiger partial charge in [0.25, 0.3) is 0 Å². The molecule has 3 aromatic heterocycles. The molecular weight excluding hydrogens is 286 g/mol. The van der Waals surface area contributed by atoms with Crippen molar-refractivity contribution in [2.45, 2.75) is 20.4 Å². The summed E-state index contributed by atoms with van der Waals surface area (Å²) in [5.41, 5.74) is 6.61. The monoisotopic (exact) mass is 303 g/mol. The fourth-order valence-electron chi connectivity index (χ4n) is 2.76. The molecule has 23 heavy (non-hydrogen) atoms. The standard InChI is InChI=1S/C18H17N5/c1-13-3-6-15(7-4-13)18-16(12-22-10-9-19-21-22)23-11-14(2)5-8-17(23)20-18/h3-11H,12H2,1-2H3. The number of nitrogens with zero attached hydrogens (tertiary/aromatic N) is 5. The van der Waals surface area contributed by atoms with Crippen molar-refractivity contribution in [2.24, 2.45) is 0 Å². The normalized spacial score (nSPS) is 11.2. The molecule has 4 rings (SSSR count). The van der Waals surface area contributed by atoms with Gasteiger partial charge in [0.05, 0.1) is 24.1 Å². The number of imidazole rings is 1. The third kappa shape index (κ3) is 2.50. The Balaban J connectivity index is 1.93. The number of rotatable bonds is 3. The van der Waals surface area contributed by atoms with Gasteiger partial charge in [0.1, 0.15) is 5.65 Å². The van der Waals surface area contributed by atoms with Gasteiger partial charge in [-0.3, -0.25) is 0 Å². The summed E-state index contributed by atoms with van der Waals surface area (Å²) in [4.78, 5) is 4.84. The molecule has 5 nitrogen and oxygen atoms in total. The smallest absolute Gasteiger partial charge is 0.137 e. The molecule has 5 heteroatoms. The zero-order chi connectivity index (χ0) is 15.8. The lowest BCUT2D eigenvalue weighted by Gasteiger charge is -2.06. The molecule has 0 atom stereocenters. The fraction of sp³-hybridized carbons (Fsp3) is 0.167. The summed E-state index contributed by atoms with van der Waals surface area (Å²) in [6.07, 6.45) is 5.68. The van der Waals surface area contributed by atoms with E-state index < -0.39 is 0 Å². The van der Waals surface area contributed by atoms with Crippen molar-refractivity contribution in [1.29, 1.82) is 0 Å². The van der Waals surface area contributed by atoms with Crippen molar-refractivity contribution in [3.05, 3.63) is 71.8 Å². The van der Waals surface area contributed by atoms with Crippen LogP contribution in [0.1, 0.15) is 16.8 Å². The van der Waals surface area contributed by atoms with Crippen LogP contribution in [0.3, 0.4) is 0 Å². The van der Waals surface area contributed by atoms with Crippen LogP contribution in [0, 0.1) is 13.8 Å². The lowest BCUT2D eigenvalue weighted by atomic mass is 10.1. The summed E-state index contributed by atoms with van der Waals surface area (Å²) < 4.78 is 3.97. The van der Waals surface area contributed by atoms with Crippen LogP contribution in [-0.2, 0) is 6.54 Å². The van der Waals surface area contributed by atoms with E-state index in [0.29, 0.717) is 6.54 Å². The van der Waals surface area contributed by atoms with E-state index in [1.54, 1.807) is 6.20 Å². The lowest BCUT2D eigenvalue weighted by Crippen LogP contribution is -2.05. The first-order chi connectivity index (χ1) is 11.2. The van der Waals surface area contributed by atoms with E-state index in [4.69, 9.17) is 4.98 Å². The summed E-state index contributed by atoms with van der Waals surface area (Å²) in [6, 6.07) is 12.6. The number of hydrogen-bond acceptors (Lipinski definition) is 3. The first kappa shape index (κ1) is 13.7. The molecule has 0 fully saturated rings. The topological polar surface area (TPSA) is 48.0 Å². The number of aryl methyl sites for hydroxylation is 2. The van der Waals surface area contributed by atoms with Crippen LogP contribution in [-0.4, -0.2) is 24.4 Å². The molecule has 4 aromatic rings. The van der Waals surface area contributed by atoms with Crippen LogP contribution in [0.25, 0.3) is 16.9 Å². The lowest BCUT2D eigenvalue weighted by molar-refractivity contribution is 0.636. The molecule has 114 valence electrons.